The van der Waals surface area contributed by atoms with Crippen LogP contribution in [0.3, 0.4) is 0 Å². The molecule has 2 saturated heterocycles. The van der Waals surface area contributed by atoms with Crippen LogP contribution in [0.15, 0.2) is 0 Å². The minimum absolute atomic E-state index is 0.154. The third kappa shape index (κ3) is 2.72. The maximum atomic E-state index is 12.3. The van der Waals surface area contributed by atoms with Crippen molar-refractivity contribution < 1.29 is 4.79 Å². The summed E-state index contributed by atoms with van der Waals surface area (Å²) in [6.45, 7) is 6.90. The molecule has 2 fully saturated rings. The molecule has 0 radical (unpaired) electrons. The topological polar surface area (TPSA) is 52.8 Å². The zero-order valence-corrected chi connectivity index (χ0v) is 10.9. The molecule has 5 nitrogen and oxygen atoms in total. The van der Waals surface area contributed by atoms with Gasteiger partial charge in [-0.05, 0) is 19.4 Å². The van der Waals surface area contributed by atoms with E-state index >= 15 is 0 Å². The molecule has 2 aliphatic heterocycles. The van der Waals surface area contributed by atoms with Crippen LogP contribution >= 0.6 is 0 Å². The largest absolute Gasteiger partial charge is 0.326 e. The predicted octanol–water partition coefficient (Wildman–Crippen LogP) is 0.165. The Bertz CT molecular complexity index is 284. The molecule has 2 heterocycles. The number of likely N-dealkylation sites (N-methyl/N-ethyl adjacent to an activating group) is 2. The van der Waals surface area contributed by atoms with Gasteiger partial charge in [0, 0.05) is 45.3 Å². The van der Waals surface area contributed by atoms with Crippen molar-refractivity contribution in [3.63, 3.8) is 0 Å². The van der Waals surface area contributed by atoms with Gasteiger partial charge in [-0.3, -0.25) is 0 Å². The summed E-state index contributed by atoms with van der Waals surface area (Å²) in [6.07, 6.45) is 2.03. The molecule has 2 amide bonds. The van der Waals surface area contributed by atoms with E-state index in [4.69, 9.17) is 5.73 Å². The van der Waals surface area contributed by atoms with E-state index in [-0.39, 0.29) is 12.1 Å². The number of amides is 2. The Kier molecular flexibility index (Phi) is 3.89. The van der Waals surface area contributed by atoms with E-state index in [2.05, 4.69) is 11.8 Å². The maximum Gasteiger partial charge on any atom is 0.320 e. The van der Waals surface area contributed by atoms with Gasteiger partial charge in [-0.25, -0.2) is 4.79 Å². The van der Waals surface area contributed by atoms with Crippen molar-refractivity contribution in [1.29, 1.82) is 0 Å². The number of carbonyl (C=O) groups excluding carboxylic acids is 1. The van der Waals surface area contributed by atoms with Crippen molar-refractivity contribution in [2.24, 2.45) is 5.73 Å². The summed E-state index contributed by atoms with van der Waals surface area (Å²) < 4.78 is 0. The zero-order valence-electron chi connectivity index (χ0n) is 10.9. The van der Waals surface area contributed by atoms with Gasteiger partial charge in [0.1, 0.15) is 0 Å². The van der Waals surface area contributed by atoms with Gasteiger partial charge >= 0.3 is 6.03 Å². The first-order valence-electron chi connectivity index (χ1n) is 6.61. The number of hydrogen-bond donors (Lipinski definition) is 1. The number of carbonyl (C=O) groups is 1. The zero-order chi connectivity index (χ0) is 12.4. The van der Waals surface area contributed by atoms with E-state index in [1.807, 2.05) is 16.8 Å². The van der Waals surface area contributed by atoms with E-state index in [1.54, 1.807) is 0 Å². The minimum atomic E-state index is 0.154. The fourth-order valence-electron chi connectivity index (χ4n) is 2.76. The average Bonchev–Trinajstić information content (AvgIpc) is 2.95. The number of likely N-dealkylation sites (tertiary alicyclic amines) is 2. The molecule has 17 heavy (non-hydrogen) atoms. The smallest absolute Gasteiger partial charge is 0.320 e. The molecule has 0 aromatic carbocycles. The second-order valence-corrected chi connectivity index (χ2v) is 5.22. The highest BCUT2D eigenvalue weighted by Gasteiger charge is 2.32. The Hall–Kier alpha value is -0.810. The van der Waals surface area contributed by atoms with Gasteiger partial charge in [0.15, 0.2) is 0 Å². The minimum Gasteiger partial charge on any atom is -0.326 e. The molecule has 98 valence electrons. The molecule has 0 aliphatic carbocycles. The summed E-state index contributed by atoms with van der Waals surface area (Å²) in [5.41, 5.74) is 5.84. The second-order valence-electron chi connectivity index (χ2n) is 5.22. The molecule has 0 bridgehead atoms. The summed E-state index contributed by atoms with van der Waals surface area (Å²) in [4.78, 5) is 18.4. The van der Waals surface area contributed by atoms with Crippen LogP contribution in [0.4, 0.5) is 4.79 Å². The number of nitrogens with two attached hydrogens (primary N) is 1. The van der Waals surface area contributed by atoms with Crippen LogP contribution in [0.2, 0.25) is 0 Å². The molecule has 0 saturated carbocycles. The summed E-state index contributed by atoms with van der Waals surface area (Å²) in [5, 5.41) is 0. The fraction of sp³-hybridized carbons (Fsp3) is 0.917. The molecule has 2 unspecified atom stereocenters. The Morgan fingerprint density at radius 1 is 1.35 bits per heavy atom. The molecule has 5 heteroatoms. The van der Waals surface area contributed by atoms with Crippen molar-refractivity contribution >= 4 is 6.03 Å². The van der Waals surface area contributed by atoms with Crippen LogP contribution in [0.5, 0.6) is 0 Å². The van der Waals surface area contributed by atoms with Gasteiger partial charge in [-0.1, -0.05) is 6.92 Å². The van der Waals surface area contributed by atoms with Crippen LogP contribution in [0.25, 0.3) is 0 Å². The number of nitrogens with zero attached hydrogens (tertiary/aromatic N) is 3. The van der Waals surface area contributed by atoms with E-state index in [0.29, 0.717) is 12.6 Å². The van der Waals surface area contributed by atoms with Gasteiger partial charge in [0.05, 0.1) is 0 Å². The highest BCUT2D eigenvalue weighted by atomic mass is 16.2. The van der Waals surface area contributed by atoms with Crippen molar-refractivity contribution in [2.75, 3.05) is 39.8 Å². The number of rotatable bonds is 2. The average molecular weight is 240 g/mol. The summed E-state index contributed by atoms with van der Waals surface area (Å²) >= 11 is 0. The summed E-state index contributed by atoms with van der Waals surface area (Å²) in [6, 6.07) is 0.697. The molecule has 2 aliphatic rings. The lowest BCUT2D eigenvalue weighted by Crippen LogP contribution is -2.46. The Balaban J connectivity index is 1.87. The van der Waals surface area contributed by atoms with Gasteiger partial charge < -0.3 is 20.4 Å². The van der Waals surface area contributed by atoms with Crippen molar-refractivity contribution in [3.8, 4) is 0 Å². The van der Waals surface area contributed by atoms with E-state index in [9.17, 15) is 4.79 Å². The maximum absolute atomic E-state index is 12.3. The van der Waals surface area contributed by atoms with Crippen LogP contribution in [0.1, 0.15) is 19.8 Å². The normalized spacial score (nSPS) is 29.9. The lowest BCUT2D eigenvalue weighted by Gasteiger charge is -2.29. The SMILES string of the molecule is CCN1CCC(N(C)C(=O)N2CCC(N)C2)C1. The monoisotopic (exact) mass is 240 g/mol. The highest BCUT2D eigenvalue weighted by Crippen LogP contribution is 2.17. The Labute approximate surface area is 104 Å². The first kappa shape index (κ1) is 12.6. The quantitative estimate of drug-likeness (QED) is 0.748. The molecule has 2 rings (SSSR count). The van der Waals surface area contributed by atoms with E-state index < -0.39 is 0 Å². The molecule has 2 atom stereocenters. The third-order valence-electron chi connectivity index (χ3n) is 4.04. The second kappa shape index (κ2) is 5.23. The number of urea groups is 1. The molecule has 0 aromatic heterocycles. The first-order chi connectivity index (χ1) is 8.11. The Morgan fingerprint density at radius 3 is 2.65 bits per heavy atom. The van der Waals surface area contributed by atoms with Crippen LogP contribution < -0.4 is 5.73 Å². The van der Waals surface area contributed by atoms with Crippen molar-refractivity contribution in [3.05, 3.63) is 0 Å². The first-order valence-corrected chi connectivity index (χ1v) is 6.61. The van der Waals surface area contributed by atoms with E-state index in [0.717, 1.165) is 39.0 Å². The lowest BCUT2D eigenvalue weighted by molar-refractivity contribution is 0.155. The van der Waals surface area contributed by atoms with Crippen LogP contribution in [0, 0.1) is 0 Å². The molecular weight excluding hydrogens is 216 g/mol. The van der Waals surface area contributed by atoms with Crippen molar-refractivity contribution in [1.82, 2.24) is 14.7 Å². The standard InChI is InChI=1S/C12H24N4O/c1-3-15-6-5-11(9-15)14(2)12(17)16-7-4-10(13)8-16/h10-11H,3-9,13H2,1-2H3. The lowest BCUT2D eigenvalue weighted by atomic mass is 10.2. The highest BCUT2D eigenvalue weighted by molar-refractivity contribution is 5.75. The van der Waals surface area contributed by atoms with E-state index in [1.165, 1.54) is 0 Å². The third-order valence-corrected chi connectivity index (χ3v) is 4.04. The summed E-state index contributed by atoms with van der Waals surface area (Å²) in [5.74, 6) is 0. The van der Waals surface area contributed by atoms with Crippen LogP contribution in [-0.4, -0.2) is 72.6 Å². The van der Waals surface area contributed by atoms with Crippen molar-refractivity contribution in [2.45, 2.75) is 31.8 Å². The summed E-state index contributed by atoms with van der Waals surface area (Å²) in [7, 11) is 1.93. The van der Waals surface area contributed by atoms with Gasteiger partial charge in [-0.15, -0.1) is 0 Å². The van der Waals surface area contributed by atoms with Crippen LogP contribution in [-0.2, 0) is 0 Å². The molecule has 2 N–H and O–H groups in total. The van der Waals surface area contributed by atoms with Gasteiger partial charge in [-0.2, -0.15) is 0 Å². The molecule has 0 aromatic rings. The molecular formula is C12H24N4O. The predicted molar refractivity (Wildman–Crippen MR) is 67.8 cm³/mol. The molecule has 0 spiro atoms. The fourth-order valence-corrected chi connectivity index (χ4v) is 2.76. The Morgan fingerprint density at radius 2 is 2.12 bits per heavy atom. The van der Waals surface area contributed by atoms with Gasteiger partial charge in [0.25, 0.3) is 0 Å². The van der Waals surface area contributed by atoms with Gasteiger partial charge in [0.2, 0.25) is 0 Å². The number of hydrogen-bond acceptors (Lipinski definition) is 3.